The van der Waals surface area contributed by atoms with Gasteiger partial charge in [0.15, 0.2) is 5.65 Å². The number of amides is 2. The monoisotopic (exact) mass is 425 g/mol. The summed E-state index contributed by atoms with van der Waals surface area (Å²) < 4.78 is 75.0. The van der Waals surface area contributed by atoms with Crippen molar-refractivity contribution >= 4 is 17.5 Å². The molecule has 0 radical (unpaired) electrons. The molecule has 7 nitrogen and oxygen atoms in total. The van der Waals surface area contributed by atoms with Gasteiger partial charge in [0.1, 0.15) is 11.6 Å². The number of aromatic nitrogens is 3. The third-order valence-corrected chi connectivity index (χ3v) is 4.95. The first kappa shape index (κ1) is 16.4. The number of rotatable bonds is 4. The minimum Gasteiger partial charge on any atom is -0.370 e. The van der Waals surface area contributed by atoms with E-state index in [-0.39, 0.29) is 30.5 Å². The van der Waals surface area contributed by atoms with Crippen LogP contribution in [-0.2, 0) is 6.18 Å². The summed E-state index contributed by atoms with van der Waals surface area (Å²) in [5, 5.41) is 8.47. The Balaban J connectivity index is 1.54. The molecule has 3 heterocycles. The lowest BCUT2D eigenvalue weighted by molar-refractivity contribution is -0.144. The fourth-order valence-corrected chi connectivity index (χ4v) is 3.55. The highest BCUT2D eigenvalue weighted by Crippen LogP contribution is 2.39. The lowest BCUT2D eigenvalue weighted by atomic mass is 9.83. The van der Waals surface area contributed by atoms with Gasteiger partial charge in [-0.3, -0.25) is 0 Å². The molecule has 0 saturated carbocycles. The summed E-state index contributed by atoms with van der Waals surface area (Å²) in [6.45, 7) is -2.27. The van der Waals surface area contributed by atoms with Crippen molar-refractivity contribution < 1.29 is 26.5 Å². The number of nitrogens with one attached hydrogen (secondary N) is 2. The Morgan fingerprint density at radius 2 is 2.03 bits per heavy atom. The zero-order valence-electron chi connectivity index (χ0n) is 18.3. The Labute approximate surface area is 172 Å². The van der Waals surface area contributed by atoms with Crippen LogP contribution in [0.25, 0.3) is 5.65 Å². The van der Waals surface area contributed by atoms with Crippen molar-refractivity contribution in [1.82, 2.24) is 24.8 Å². The number of nitrogens with zero attached hydrogens (tertiary/aromatic N) is 4. The summed E-state index contributed by atoms with van der Waals surface area (Å²) in [4.78, 5) is 17.2. The molecule has 1 fully saturated rings. The van der Waals surface area contributed by atoms with E-state index < -0.39 is 36.9 Å². The first-order chi connectivity index (χ1) is 15.4. The van der Waals surface area contributed by atoms with Crippen LogP contribution >= 0.6 is 0 Å². The minimum absolute atomic E-state index is 0.00898. The number of halogens is 4. The lowest BCUT2D eigenvalue weighted by Gasteiger charge is -2.48. The smallest absolute Gasteiger partial charge is 0.370 e. The molecule has 1 aliphatic heterocycles. The van der Waals surface area contributed by atoms with Gasteiger partial charge in [-0.1, -0.05) is 18.2 Å². The third-order valence-electron chi connectivity index (χ3n) is 4.95. The van der Waals surface area contributed by atoms with Crippen LogP contribution in [0.4, 0.5) is 28.2 Å². The van der Waals surface area contributed by atoms with Gasteiger partial charge in [0, 0.05) is 30.1 Å². The molecule has 4 rings (SSSR count). The van der Waals surface area contributed by atoms with Crippen LogP contribution in [0.3, 0.4) is 0 Å². The Morgan fingerprint density at radius 3 is 2.73 bits per heavy atom. The number of hydrogen-bond donors (Lipinski definition) is 2. The highest BCUT2D eigenvalue weighted by molar-refractivity contribution is 5.75. The van der Waals surface area contributed by atoms with E-state index in [0.717, 1.165) is 4.52 Å². The van der Waals surface area contributed by atoms with Crippen molar-refractivity contribution in [3.05, 3.63) is 59.7 Å². The Kier molecular flexibility index (Phi) is 4.09. The Morgan fingerprint density at radius 1 is 1.27 bits per heavy atom. The van der Waals surface area contributed by atoms with Crippen molar-refractivity contribution in [3.8, 4) is 0 Å². The summed E-state index contributed by atoms with van der Waals surface area (Å²) in [6, 6.07) is 8.53. The fourth-order valence-electron chi connectivity index (χ4n) is 3.55. The number of alkyl halides is 3. The van der Waals surface area contributed by atoms with Crippen molar-refractivity contribution in [2.75, 3.05) is 25.4 Å². The number of hydrogen-bond acceptors (Lipinski definition) is 4. The zero-order valence-corrected chi connectivity index (χ0v) is 15.3. The van der Waals surface area contributed by atoms with Gasteiger partial charge in [0.25, 0.3) is 5.82 Å². The molecular formula is C19H18F4N6O. The van der Waals surface area contributed by atoms with Gasteiger partial charge in [-0.25, -0.2) is 14.2 Å². The number of fused-ring (bicyclic) bond motifs is 1. The minimum atomic E-state index is -4.69. The van der Waals surface area contributed by atoms with Gasteiger partial charge in [-0.05, 0) is 29.8 Å². The van der Waals surface area contributed by atoms with E-state index in [1.807, 2.05) is 5.32 Å². The molecule has 3 aromatic rings. The average molecular weight is 425 g/mol. The third kappa shape index (κ3) is 3.62. The van der Waals surface area contributed by atoms with Gasteiger partial charge in [0.2, 0.25) is 0 Å². The van der Waals surface area contributed by atoms with Crippen molar-refractivity contribution in [2.24, 2.45) is 5.92 Å². The van der Waals surface area contributed by atoms with Crippen LogP contribution in [-0.4, -0.2) is 45.6 Å². The standard InChI is InChI=1S/C19H18F4N6O/c1-24-18(30)28-10-12(16(28)11-5-7-13(20)8-6-11)9-25-14-3-2-4-15-26-17(19(21,22)23)27-29(14)15/h2-8,12,16,25H,9-10H2,1H3,(H,24,30)/i1D3. The average Bonchev–Trinajstić information content (AvgIpc) is 3.13. The van der Waals surface area contributed by atoms with Gasteiger partial charge >= 0.3 is 12.2 Å². The molecule has 1 saturated heterocycles. The van der Waals surface area contributed by atoms with E-state index in [0.29, 0.717) is 5.56 Å². The first-order valence-corrected chi connectivity index (χ1v) is 8.93. The van der Waals surface area contributed by atoms with Crippen LogP contribution in [0.5, 0.6) is 0 Å². The van der Waals surface area contributed by atoms with Crippen LogP contribution < -0.4 is 10.6 Å². The molecule has 2 aromatic heterocycles. The fraction of sp³-hybridized carbons (Fsp3) is 0.316. The molecule has 2 atom stereocenters. The summed E-state index contributed by atoms with van der Waals surface area (Å²) in [6.07, 6.45) is -4.69. The van der Waals surface area contributed by atoms with Crippen LogP contribution in [0.15, 0.2) is 42.5 Å². The number of urea groups is 1. The number of carbonyl (C=O) groups excluding carboxylic acids is 1. The molecule has 0 spiro atoms. The summed E-state index contributed by atoms with van der Waals surface area (Å²) in [7, 11) is 0. The van der Waals surface area contributed by atoms with Crippen molar-refractivity contribution in [1.29, 1.82) is 0 Å². The van der Waals surface area contributed by atoms with E-state index in [4.69, 9.17) is 4.11 Å². The van der Waals surface area contributed by atoms with Crippen LogP contribution in [0, 0.1) is 11.7 Å². The number of benzene rings is 1. The topological polar surface area (TPSA) is 74.6 Å². The predicted molar refractivity (Wildman–Crippen MR) is 100 cm³/mol. The molecule has 0 bridgehead atoms. The van der Waals surface area contributed by atoms with E-state index in [1.165, 1.54) is 47.4 Å². The maximum absolute atomic E-state index is 13.4. The Hall–Kier alpha value is -3.37. The van der Waals surface area contributed by atoms with Gasteiger partial charge in [-0.15, -0.1) is 5.10 Å². The van der Waals surface area contributed by atoms with E-state index in [2.05, 4.69) is 15.4 Å². The van der Waals surface area contributed by atoms with E-state index in [1.54, 1.807) is 0 Å². The highest BCUT2D eigenvalue weighted by atomic mass is 19.4. The Bertz CT molecular complexity index is 1170. The molecular weight excluding hydrogens is 404 g/mol. The zero-order chi connectivity index (χ0) is 24.0. The number of pyridine rings is 1. The maximum atomic E-state index is 13.4. The quantitative estimate of drug-likeness (QED) is 0.629. The second-order valence-corrected chi connectivity index (χ2v) is 6.83. The van der Waals surface area contributed by atoms with E-state index in [9.17, 15) is 22.4 Å². The number of anilines is 1. The molecule has 2 N–H and O–H groups in total. The van der Waals surface area contributed by atoms with Crippen LogP contribution in [0.1, 0.15) is 21.5 Å². The summed E-state index contributed by atoms with van der Waals surface area (Å²) in [5.41, 5.74) is 0.600. The summed E-state index contributed by atoms with van der Waals surface area (Å²) >= 11 is 0. The molecule has 30 heavy (non-hydrogen) atoms. The van der Waals surface area contributed by atoms with Gasteiger partial charge in [0.05, 0.1) is 6.04 Å². The largest absolute Gasteiger partial charge is 0.453 e. The number of likely N-dealkylation sites (tertiary alicyclic amines) is 1. The SMILES string of the molecule is [2H]C([2H])([2H])NC(=O)N1CC(CNc2cccc3nc(C(F)(F)F)nn23)C1c1ccc(F)cc1. The normalized spacial score (nSPS) is 20.8. The summed E-state index contributed by atoms with van der Waals surface area (Å²) in [5.74, 6) is -1.71. The van der Waals surface area contributed by atoms with Crippen LogP contribution in [0.2, 0.25) is 0 Å². The molecule has 1 aliphatic rings. The predicted octanol–water partition coefficient (Wildman–Crippen LogP) is 3.31. The van der Waals surface area contributed by atoms with Crippen molar-refractivity contribution in [2.45, 2.75) is 12.2 Å². The highest BCUT2D eigenvalue weighted by Gasteiger charge is 2.42. The maximum Gasteiger partial charge on any atom is 0.453 e. The van der Waals surface area contributed by atoms with E-state index >= 15 is 0 Å². The molecule has 2 amide bonds. The molecule has 158 valence electrons. The lowest BCUT2D eigenvalue weighted by Crippen LogP contribution is -2.57. The van der Waals surface area contributed by atoms with Gasteiger partial charge < -0.3 is 15.5 Å². The first-order valence-electron chi connectivity index (χ1n) is 10.4. The second kappa shape index (κ2) is 7.47. The molecule has 11 heteroatoms. The molecule has 0 aliphatic carbocycles. The van der Waals surface area contributed by atoms with Crippen molar-refractivity contribution in [3.63, 3.8) is 0 Å². The van der Waals surface area contributed by atoms with Gasteiger partial charge in [-0.2, -0.15) is 17.7 Å². The molecule has 2 unspecified atom stereocenters. The number of carbonyl (C=O) groups is 1. The second-order valence-electron chi connectivity index (χ2n) is 6.83. The molecule has 1 aromatic carbocycles.